The van der Waals surface area contributed by atoms with Crippen molar-refractivity contribution < 1.29 is 4.39 Å². The van der Waals surface area contributed by atoms with Gasteiger partial charge < -0.3 is 5.32 Å². The van der Waals surface area contributed by atoms with Gasteiger partial charge in [0.05, 0.1) is 4.47 Å². The van der Waals surface area contributed by atoms with Gasteiger partial charge in [-0.05, 0) is 59.4 Å². The van der Waals surface area contributed by atoms with Crippen molar-refractivity contribution in [2.75, 3.05) is 13.1 Å². The van der Waals surface area contributed by atoms with E-state index < -0.39 is 0 Å². The zero-order valence-electron chi connectivity index (χ0n) is 10.6. The van der Waals surface area contributed by atoms with Crippen LogP contribution in [0.15, 0.2) is 22.7 Å². The Morgan fingerprint density at radius 1 is 1.35 bits per heavy atom. The van der Waals surface area contributed by atoms with E-state index in [-0.39, 0.29) is 5.82 Å². The average molecular weight is 302 g/mol. The first-order valence-corrected chi connectivity index (χ1v) is 7.11. The van der Waals surface area contributed by atoms with Crippen molar-refractivity contribution in [1.29, 1.82) is 0 Å². The Morgan fingerprint density at radius 2 is 2.12 bits per heavy atom. The maximum Gasteiger partial charge on any atom is 0.137 e. The first-order chi connectivity index (χ1) is 8.19. The van der Waals surface area contributed by atoms with Crippen molar-refractivity contribution in [3.8, 4) is 0 Å². The Balaban J connectivity index is 2.67. The molecule has 0 bridgehead atoms. The Hall–Kier alpha value is -0.410. The monoisotopic (exact) mass is 301 g/mol. The molecule has 1 N–H and O–H groups in total. The van der Waals surface area contributed by atoms with Gasteiger partial charge >= 0.3 is 0 Å². The van der Waals surface area contributed by atoms with Crippen molar-refractivity contribution >= 4 is 15.9 Å². The quantitative estimate of drug-likeness (QED) is 0.797. The van der Waals surface area contributed by atoms with Crippen molar-refractivity contribution in [2.45, 2.75) is 33.1 Å². The summed E-state index contributed by atoms with van der Waals surface area (Å²) in [4.78, 5) is 0. The molecule has 96 valence electrons. The van der Waals surface area contributed by atoms with Crippen LogP contribution in [0.25, 0.3) is 0 Å². The lowest BCUT2D eigenvalue weighted by Crippen LogP contribution is -2.24. The number of hydrogen-bond acceptors (Lipinski definition) is 1. The normalized spacial score (nSPS) is 12.7. The molecule has 0 amide bonds. The summed E-state index contributed by atoms with van der Waals surface area (Å²) in [5.74, 6) is 0.416. The van der Waals surface area contributed by atoms with Gasteiger partial charge in [0.1, 0.15) is 5.82 Å². The van der Waals surface area contributed by atoms with Crippen LogP contribution in [0.1, 0.15) is 32.3 Å². The molecule has 0 aliphatic rings. The fourth-order valence-corrected chi connectivity index (χ4v) is 2.48. The standard InChI is InChI=1S/C14H21BrFN/c1-3-6-11(10-17-4-2)9-12-7-5-8-13(16)14(12)15/h5,7-8,11,17H,3-4,6,9-10H2,1-2H3. The molecule has 0 radical (unpaired) electrons. The lowest BCUT2D eigenvalue weighted by Gasteiger charge is -2.17. The Bertz CT molecular complexity index is 341. The minimum Gasteiger partial charge on any atom is -0.317 e. The number of hydrogen-bond donors (Lipinski definition) is 1. The summed E-state index contributed by atoms with van der Waals surface area (Å²) in [6.45, 7) is 6.30. The van der Waals surface area contributed by atoms with Crippen molar-refractivity contribution in [2.24, 2.45) is 5.92 Å². The molecular formula is C14H21BrFN. The van der Waals surface area contributed by atoms with E-state index in [9.17, 15) is 4.39 Å². The van der Waals surface area contributed by atoms with Gasteiger partial charge in [-0.2, -0.15) is 0 Å². The van der Waals surface area contributed by atoms with Crippen LogP contribution in [0, 0.1) is 11.7 Å². The molecule has 0 aliphatic heterocycles. The largest absolute Gasteiger partial charge is 0.317 e. The third kappa shape index (κ3) is 4.76. The molecule has 1 aromatic carbocycles. The summed E-state index contributed by atoms with van der Waals surface area (Å²) in [6, 6.07) is 5.28. The highest BCUT2D eigenvalue weighted by atomic mass is 79.9. The first-order valence-electron chi connectivity index (χ1n) is 6.32. The maximum absolute atomic E-state index is 13.4. The van der Waals surface area contributed by atoms with Crippen LogP contribution in [-0.4, -0.2) is 13.1 Å². The summed E-state index contributed by atoms with van der Waals surface area (Å²) >= 11 is 3.33. The summed E-state index contributed by atoms with van der Waals surface area (Å²) in [7, 11) is 0. The van der Waals surface area contributed by atoms with E-state index in [0.717, 1.165) is 25.1 Å². The van der Waals surface area contributed by atoms with Crippen LogP contribution in [0.5, 0.6) is 0 Å². The lowest BCUT2D eigenvalue weighted by atomic mass is 9.95. The molecule has 0 saturated carbocycles. The zero-order chi connectivity index (χ0) is 12.7. The summed E-state index contributed by atoms with van der Waals surface area (Å²) in [5, 5.41) is 3.38. The Morgan fingerprint density at radius 3 is 2.76 bits per heavy atom. The number of halogens is 2. The van der Waals surface area contributed by atoms with Crippen LogP contribution < -0.4 is 5.32 Å². The van der Waals surface area contributed by atoms with Gasteiger partial charge in [-0.3, -0.25) is 0 Å². The van der Waals surface area contributed by atoms with Crippen molar-refractivity contribution in [3.63, 3.8) is 0 Å². The minimum atomic E-state index is -0.166. The highest BCUT2D eigenvalue weighted by molar-refractivity contribution is 9.10. The molecule has 0 aromatic heterocycles. The highest BCUT2D eigenvalue weighted by Gasteiger charge is 2.12. The van der Waals surface area contributed by atoms with E-state index in [1.807, 2.05) is 6.07 Å². The van der Waals surface area contributed by atoms with Crippen molar-refractivity contribution in [3.05, 3.63) is 34.1 Å². The van der Waals surface area contributed by atoms with Crippen LogP contribution >= 0.6 is 15.9 Å². The van der Waals surface area contributed by atoms with Crippen LogP contribution in [0.3, 0.4) is 0 Å². The van der Waals surface area contributed by atoms with Gasteiger partial charge in [0.2, 0.25) is 0 Å². The van der Waals surface area contributed by atoms with E-state index in [0.29, 0.717) is 10.4 Å². The van der Waals surface area contributed by atoms with Gasteiger partial charge in [-0.15, -0.1) is 0 Å². The molecule has 1 rings (SSSR count). The van der Waals surface area contributed by atoms with E-state index in [1.54, 1.807) is 6.07 Å². The fourth-order valence-electron chi connectivity index (χ4n) is 2.05. The molecular weight excluding hydrogens is 281 g/mol. The molecule has 1 nitrogen and oxygen atoms in total. The third-order valence-corrected chi connectivity index (χ3v) is 3.81. The zero-order valence-corrected chi connectivity index (χ0v) is 12.2. The predicted octanol–water partition coefficient (Wildman–Crippen LogP) is 4.16. The highest BCUT2D eigenvalue weighted by Crippen LogP contribution is 2.24. The number of nitrogens with one attached hydrogen (secondary N) is 1. The van der Waals surface area contributed by atoms with Gasteiger partial charge in [-0.1, -0.05) is 32.4 Å². The molecule has 0 aliphatic carbocycles. The Kier molecular flexibility index (Phi) is 6.75. The number of rotatable bonds is 7. The van der Waals surface area contributed by atoms with E-state index in [2.05, 4.69) is 35.1 Å². The van der Waals surface area contributed by atoms with E-state index in [1.165, 1.54) is 18.9 Å². The second-order valence-corrected chi connectivity index (χ2v) is 5.17. The molecule has 0 saturated heterocycles. The Labute approximate surface area is 112 Å². The van der Waals surface area contributed by atoms with Crippen LogP contribution in [-0.2, 0) is 6.42 Å². The third-order valence-electron chi connectivity index (χ3n) is 2.92. The summed E-state index contributed by atoms with van der Waals surface area (Å²) in [5.41, 5.74) is 1.07. The molecule has 0 spiro atoms. The summed E-state index contributed by atoms with van der Waals surface area (Å²) < 4.78 is 14.0. The van der Waals surface area contributed by atoms with Crippen LogP contribution in [0.2, 0.25) is 0 Å². The summed E-state index contributed by atoms with van der Waals surface area (Å²) in [6.07, 6.45) is 3.28. The average Bonchev–Trinajstić information content (AvgIpc) is 2.32. The molecule has 0 fully saturated rings. The molecule has 1 unspecified atom stereocenters. The second-order valence-electron chi connectivity index (χ2n) is 4.38. The van der Waals surface area contributed by atoms with E-state index >= 15 is 0 Å². The molecule has 0 heterocycles. The SMILES string of the molecule is CCCC(CNCC)Cc1cccc(F)c1Br. The smallest absolute Gasteiger partial charge is 0.137 e. The predicted molar refractivity (Wildman–Crippen MR) is 74.7 cm³/mol. The number of benzene rings is 1. The fraction of sp³-hybridized carbons (Fsp3) is 0.571. The van der Waals surface area contributed by atoms with Gasteiger partial charge in [0.15, 0.2) is 0 Å². The molecule has 17 heavy (non-hydrogen) atoms. The second kappa shape index (κ2) is 7.83. The van der Waals surface area contributed by atoms with Gasteiger partial charge in [0, 0.05) is 0 Å². The van der Waals surface area contributed by atoms with Gasteiger partial charge in [-0.25, -0.2) is 4.39 Å². The van der Waals surface area contributed by atoms with Gasteiger partial charge in [0.25, 0.3) is 0 Å². The van der Waals surface area contributed by atoms with E-state index in [4.69, 9.17) is 0 Å². The minimum absolute atomic E-state index is 0.166. The van der Waals surface area contributed by atoms with Crippen LogP contribution in [0.4, 0.5) is 4.39 Å². The first kappa shape index (κ1) is 14.7. The molecule has 1 atom stereocenters. The molecule has 1 aromatic rings. The molecule has 3 heteroatoms. The topological polar surface area (TPSA) is 12.0 Å². The lowest BCUT2D eigenvalue weighted by molar-refractivity contribution is 0.443. The van der Waals surface area contributed by atoms with Crippen molar-refractivity contribution in [1.82, 2.24) is 5.32 Å². The maximum atomic E-state index is 13.4.